The minimum atomic E-state index is -2.73. The molecular formula is C22H49NO8Si2. The lowest BCUT2D eigenvalue weighted by Crippen LogP contribution is -2.47. The Morgan fingerprint density at radius 3 is 1.42 bits per heavy atom. The molecule has 2 atom stereocenters. The maximum Gasteiger partial charge on any atom is 0.500 e. The van der Waals surface area contributed by atoms with Crippen molar-refractivity contribution in [2.45, 2.75) is 85.9 Å². The molecular weight excluding hydrogens is 462 g/mol. The van der Waals surface area contributed by atoms with E-state index in [1.54, 1.807) is 6.92 Å². The molecule has 0 bridgehead atoms. The number of aliphatic carboxylic acids is 1. The van der Waals surface area contributed by atoms with Gasteiger partial charge in [-0.3, -0.25) is 4.79 Å². The van der Waals surface area contributed by atoms with E-state index in [2.05, 4.69) is 5.32 Å². The summed E-state index contributed by atoms with van der Waals surface area (Å²) in [6.07, 6.45) is 2.24. The van der Waals surface area contributed by atoms with Crippen LogP contribution in [0.3, 0.4) is 0 Å². The molecule has 0 aliphatic rings. The van der Waals surface area contributed by atoms with Gasteiger partial charge in [0.15, 0.2) is 0 Å². The molecule has 2 N–H and O–H groups in total. The molecule has 0 aromatic heterocycles. The van der Waals surface area contributed by atoms with Crippen LogP contribution in [0.4, 0.5) is 0 Å². The second kappa shape index (κ2) is 18.9. The maximum absolute atomic E-state index is 11.7. The third kappa shape index (κ3) is 12.8. The summed E-state index contributed by atoms with van der Waals surface area (Å²) < 4.78 is 35.5. The number of carboxylic acid groups (broad SMARTS) is 1. The van der Waals surface area contributed by atoms with Crippen molar-refractivity contribution < 1.29 is 36.5 Å². The Labute approximate surface area is 203 Å². The average molecular weight is 512 g/mol. The van der Waals surface area contributed by atoms with Crippen LogP contribution in [0.1, 0.15) is 67.7 Å². The van der Waals surface area contributed by atoms with Gasteiger partial charge in [-0.25, -0.2) is 0 Å². The minimum absolute atomic E-state index is 0.165. The first-order valence-electron chi connectivity index (χ1n) is 12.6. The summed E-state index contributed by atoms with van der Waals surface area (Å²) in [5.74, 6) is -1.32. The molecule has 0 heterocycles. The number of carboxylic acids is 1. The standard InChI is InChI=1S/C22H49NO8Si2/c1-8-26-32(27-9-2,28-10-3)18-14-16-21(20(7)22(24)25)23-17-15-19-33(29-11-4,30-12-5)31-13-6/h20-21,23H,8-19H2,1-7H3,(H,24,25). The summed E-state index contributed by atoms with van der Waals surface area (Å²) >= 11 is 0. The van der Waals surface area contributed by atoms with Crippen molar-refractivity contribution in [3.05, 3.63) is 0 Å². The topological polar surface area (TPSA) is 105 Å². The highest BCUT2D eigenvalue weighted by molar-refractivity contribution is 6.61. The van der Waals surface area contributed by atoms with E-state index in [1.165, 1.54) is 0 Å². The number of rotatable bonds is 23. The zero-order valence-corrected chi connectivity index (χ0v) is 23.9. The predicted octanol–water partition coefficient (Wildman–Crippen LogP) is 3.93. The van der Waals surface area contributed by atoms with E-state index >= 15 is 0 Å². The van der Waals surface area contributed by atoms with Crippen LogP contribution in [0, 0.1) is 5.92 Å². The Bertz CT molecular complexity index is 467. The van der Waals surface area contributed by atoms with Crippen LogP contribution in [0.2, 0.25) is 12.1 Å². The van der Waals surface area contributed by atoms with E-state index in [-0.39, 0.29) is 6.04 Å². The normalized spacial score (nSPS) is 14.4. The first kappa shape index (κ1) is 32.6. The van der Waals surface area contributed by atoms with E-state index in [9.17, 15) is 9.90 Å². The zero-order chi connectivity index (χ0) is 25.2. The Morgan fingerprint density at radius 2 is 1.09 bits per heavy atom. The summed E-state index contributed by atoms with van der Waals surface area (Å²) in [4.78, 5) is 11.7. The summed E-state index contributed by atoms with van der Waals surface area (Å²) in [5, 5.41) is 13.1. The van der Waals surface area contributed by atoms with Crippen LogP contribution >= 0.6 is 0 Å². The summed E-state index contributed by atoms with van der Waals surface area (Å²) in [6.45, 7) is 17.3. The van der Waals surface area contributed by atoms with Crippen LogP contribution < -0.4 is 5.32 Å². The van der Waals surface area contributed by atoms with Crippen molar-refractivity contribution in [3.63, 3.8) is 0 Å². The number of hydrogen-bond acceptors (Lipinski definition) is 8. The van der Waals surface area contributed by atoms with E-state index < -0.39 is 29.5 Å². The zero-order valence-electron chi connectivity index (χ0n) is 21.9. The molecule has 0 aliphatic carbocycles. The molecule has 11 heteroatoms. The van der Waals surface area contributed by atoms with Crippen LogP contribution in [0.15, 0.2) is 0 Å². The second-order valence-electron chi connectivity index (χ2n) is 7.65. The highest BCUT2D eigenvalue weighted by atomic mass is 28.4. The van der Waals surface area contributed by atoms with E-state index in [0.717, 1.165) is 12.8 Å². The van der Waals surface area contributed by atoms with E-state index in [1.807, 2.05) is 41.5 Å². The quantitative estimate of drug-likeness (QED) is 0.156. The molecule has 9 nitrogen and oxygen atoms in total. The van der Waals surface area contributed by atoms with Gasteiger partial charge < -0.3 is 37.0 Å². The van der Waals surface area contributed by atoms with Crippen LogP contribution in [0.25, 0.3) is 0 Å². The van der Waals surface area contributed by atoms with Crippen LogP contribution in [-0.4, -0.2) is 80.9 Å². The Kier molecular flexibility index (Phi) is 18.7. The van der Waals surface area contributed by atoms with Gasteiger partial charge in [0, 0.05) is 57.8 Å². The summed E-state index contributed by atoms with van der Waals surface area (Å²) in [7, 11) is -5.43. The highest BCUT2D eigenvalue weighted by Gasteiger charge is 2.41. The minimum Gasteiger partial charge on any atom is -0.481 e. The Morgan fingerprint density at radius 1 is 0.727 bits per heavy atom. The molecule has 0 saturated heterocycles. The van der Waals surface area contributed by atoms with Gasteiger partial charge in [-0.2, -0.15) is 0 Å². The monoisotopic (exact) mass is 511 g/mol. The fraction of sp³-hybridized carbons (Fsp3) is 0.955. The van der Waals surface area contributed by atoms with Crippen molar-refractivity contribution in [1.82, 2.24) is 5.32 Å². The fourth-order valence-corrected chi connectivity index (χ4v) is 9.09. The van der Waals surface area contributed by atoms with Gasteiger partial charge in [0.1, 0.15) is 0 Å². The van der Waals surface area contributed by atoms with Crippen molar-refractivity contribution in [3.8, 4) is 0 Å². The lowest BCUT2D eigenvalue weighted by Gasteiger charge is -2.30. The van der Waals surface area contributed by atoms with Gasteiger partial charge in [-0.15, -0.1) is 0 Å². The van der Waals surface area contributed by atoms with Gasteiger partial charge in [0.05, 0.1) is 5.92 Å². The molecule has 0 saturated carbocycles. The van der Waals surface area contributed by atoms with Crippen LogP contribution in [-0.2, 0) is 31.4 Å². The highest BCUT2D eigenvalue weighted by Crippen LogP contribution is 2.22. The van der Waals surface area contributed by atoms with Crippen molar-refractivity contribution in [1.29, 1.82) is 0 Å². The molecule has 0 aromatic rings. The van der Waals surface area contributed by atoms with Crippen molar-refractivity contribution in [2.24, 2.45) is 5.92 Å². The first-order chi connectivity index (χ1) is 15.8. The molecule has 0 radical (unpaired) electrons. The predicted molar refractivity (Wildman–Crippen MR) is 133 cm³/mol. The van der Waals surface area contributed by atoms with Gasteiger partial charge >= 0.3 is 23.6 Å². The van der Waals surface area contributed by atoms with E-state index in [4.69, 9.17) is 26.6 Å². The third-order valence-electron chi connectivity index (χ3n) is 5.24. The lowest BCUT2D eigenvalue weighted by atomic mass is 9.97. The molecule has 198 valence electrons. The molecule has 0 amide bonds. The lowest BCUT2D eigenvalue weighted by molar-refractivity contribution is -0.142. The molecule has 0 aromatic carbocycles. The van der Waals surface area contributed by atoms with Crippen LogP contribution in [0.5, 0.6) is 0 Å². The Hall–Kier alpha value is -0.376. The van der Waals surface area contributed by atoms with Gasteiger partial charge in [0.25, 0.3) is 0 Å². The molecule has 33 heavy (non-hydrogen) atoms. The number of hydrogen-bond donors (Lipinski definition) is 2. The first-order valence-corrected chi connectivity index (χ1v) is 16.4. The molecule has 0 fully saturated rings. The van der Waals surface area contributed by atoms with Gasteiger partial charge in [-0.05, 0) is 67.3 Å². The summed E-state index contributed by atoms with van der Waals surface area (Å²) in [5.41, 5.74) is 0. The summed E-state index contributed by atoms with van der Waals surface area (Å²) in [6, 6.07) is 1.20. The van der Waals surface area contributed by atoms with Gasteiger partial charge in [-0.1, -0.05) is 6.92 Å². The third-order valence-corrected chi connectivity index (χ3v) is 11.5. The molecule has 0 rings (SSSR count). The second-order valence-corrected chi connectivity index (χ2v) is 13.1. The molecule has 0 aliphatic heterocycles. The van der Waals surface area contributed by atoms with E-state index in [0.29, 0.717) is 64.7 Å². The smallest absolute Gasteiger partial charge is 0.481 e. The van der Waals surface area contributed by atoms with Crippen molar-refractivity contribution >= 4 is 23.6 Å². The SMILES string of the molecule is CCO[Si](CCCNC(CCC[Si](OCC)(OCC)OCC)C(C)C(=O)O)(OCC)OCC. The van der Waals surface area contributed by atoms with Gasteiger partial charge in [0.2, 0.25) is 0 Å². The molecule has 0 spiro atoms. The number of carbonyl (C=O) groups is 1. The largest absolute Gasteiger partial charge is 0.500 e. The maximum atomic E-state index is 11.7. The number of nitrogens with one attached hydrogen (secondary N) is 1. The fourth-order valence-electron chi connectivity index (χ4n) is 3.83. The molecule has 2 unspecified atom stereocenters. The van der Waals surface area contributed by atoms with Crippen molar-refractivity contribution in [2.75, 3.05) is 46.2 Å². The Balaban J connectivity index is 4.99. The average Bonchev–Trinajstić information content (AvgIpc) is 2.76.